The summed E-state index contributed by atoms with van der Waals surface area (Å²) in [5.41, 5.74) is -0.339. The average Bonchev–Trinajstić information content (AvgIpc) is 2.48. The summed E-state index contributed by atoms with van der Waals surface area (Å²) < 4.78 is 4.88. The minimum Gasteiger partial charge on any atom is -0.383 e. The molecule has 1 rings (SSSR count). The van der Waals surface area contributed by atoms with E-state index in [0.29, 0.717) is 13.2 Å². The van der Waals surface area contributed by atoms with Gasteiger partial charge in [-0.3, -0.25) is 9.59 Å². The molecule has 2 amide bonds. The Balaban J connectivity index is 2.55. The van der Waals surface area contributed by atoms with Gasteiger partial charge in [-0.2, -0.15) is 0 Å². The van der Waals surface area contributed by atoms with Crippen LogP contribution in [-0.4, -0.2) is 63.7 Å². The van der Waals surface area contributed by atoms with Crippen molar-refractivity contribution in [2.75, 3.05) is 46.9 Å². The number of piperidine rings is 1. The van der Waals surface area contributed by atoms with Gasteiger partial charge in [0, 0.05) is 27.2 Å². The van der Waals surface area contributed by atoms with Crippen molar-refractivity contribution in [1.29, 1.82) is 0 Å². The van der Waals surface area contributed by atoms with E-state index in [9.17, 15) is 9.59 Å². The lowest BCUT2D eigenvalue weighted by Crippen LogP contribution is -2.52. The Bertz CT molecular complexity index is 336. The zero-order valence-corrected chi connectivity index (χ0v) is 13.5. The highest BCUT2D eigenvalue weighted by atomic mass is 16.5. The van der Waals surface area contributed by atoms with E-state index in [-0.39, 0.29) is 23.8 Å². The van der Waals surface area contributed by atoms with E-state index in [0.717, 1.165) is 38.8 Å². The molecular formula is C15H29N3O3. The average molecular weight is 299 g/mol. The molecule has 0 aromatic carbocycles. The summed E-state index contributed by atoms with van der Waals surface area (Å²) in [5, 5.41) is 6.07. The van der Waals surface area contributed by atoms with E-state index in [1.165, 1.54) is 0 Å². The van der Waals surface area contributed by atoms with Crippen molar-refractivity contribution in [2.45, 2.75) is 32.6 Å². The number of carbonyl (C=O) groups excluding carboxylic acids is 2. The molecule has 0 bridgehead atoms. The van der Waals surface area contributed by atoms with Gasteiger partial charge in [-0.05, 0) is 25.8 Å². The molecule has 122 valence electrons. The zero-order chi connectivity index (χ0) is 15.7. The maximum absolute atomic E-state index is 12.8. The van der Waals surface area contributed by atoms with Crippen molar-refractivity contribution in [2.24, 2.45) is 5.41 Å². The summed E-state index contributed by atoms with van der Waals surface area (Å²) in [6.45, 7) is 4.84. The first-order valence-corrected chi connectivity index (χ1v) is 7.77. The predicted molar refractivity (Wildman–Crippen MR) is 82.0 cm³/mol. The Kier molecular flexibility index (Phi) is 7.67. The number of nitrogens with one attached hydrogen (secondary N) is 2. The van der Waals surface area contributed by atoms with Crippen LogP contribution in [0.1, 0.15) is 32.6 Å². The lowest BCUT2D eigenvalue weighted by Gasteiger charge is -2.38. The summed E-state index contributed by atoms with van der Waals surface area (Å²) >= 11 is 0. The van der Waals surface area contributed by atoms with Crippen molar-refractivity contribution in [3.8, 4) is 0 Å². The SMILES string of the molecule is CCCC1(C(=O)N(C)CC(=O)NCCOC)CCCNC1. The smallest absolute Gasteiger partial charge is 0.239 e. The molecule has 21 heavy (non-hydrogen) atoms. The van der Waals surface area contributed by atoms with Crippen LogP contribution in [0.15, 0.2) is 0 Å². The summed E-state index contributed by atoms with van der Waals surface area (Å²) in [7, 11) is 3.30. The number of hydrogen-bond donors (Lipinski definition) is 2. The van der Waals surface area contributed by atoms with Crippen molar-refractivity contribution < 1.29 is 14.3 Å². The minimum atomic E-state index is -0.339. The fourth-order valence-electron chi connectivity index (χ4n) is 2.99. The first kappa shape index (κ1) is 17.9. The second-order valence-corrected chi connectivity index (χ2v) is 5.81. The van der Waals surface area contributed by atoms with Gasteiger partial charge in [-0.25, -0.2) is 0 Å². The second kappa shape index (κ2) is 9.00. The van der Waals surface area contributed by atoms with E-state index < -0.39 is 0 Å². The third kappa shape index (κ3) is 5.28. The molecular weight excluding hydrogens is 270 g/mol. The summed E-state index contributed by atoms with van der Waals surface area (Å²) in [6.07, 6.45) is 3.76. The van der Waals surface area contributed by atoms with Crippen LogP contribution in [0.3, 0.4) is 0 Å². The van der Waals surface area contributed by atoms with E-state index in [1.54, 1.807) is 19.1 Å². The molecule has 6 heteroatoms. The number of nitrogens with zero attached hydrogens (tertiary/aromatic N) is 1. The van der Waals surface area contributed by atoms with Crippen molar-refractivity contribution in [3.05, 3.63) is 0 Å². The van der Waals surface area contributed by atoms with Crippen LogP contribution in [0.4, 0.5) is 0 Å². The molecule has 6 nitrogen and oxygen atoms in total. The van der Waals surface area contributed by atoms with Gasteiger partial charge in [0.05, 0.1) is 18.6 Å². The molecule has 2 N–H and O–H groups in total. The van der Waals surface area contributed by atoms with Crippen LogP contribution in [0.25, 0.3) is 0 Å². The van der Waals surface area contributed by atoms with Gasteiger partial charge in [0.2, 0.25) is 11.8 Å². The van der Waals surface area contributed by atoms with Crippen LogP contribution in [-0.2, 0) is 14.3 Å². The Hall–Kier alpha value is -1.14. The third-order valence-electron chi connectivity index (χ3n) is 4.01. The van der Waals surface area contributed by atoms with Gasteiger partial charge in [0.25, 0.3) is 0 Å². The fraction of sp³-hybridized carbons (Fsp3) is 0.867. The molecule has 1 unspecified atom stereocenters. The molecule has 1 heterocycles. The highest BCUT2D eigenvalue weighted by Crippen LogP contribution is 2.33. The first-order valence-electron chi connectivity index (χ1n) is 7.77. The Morgan fingerprint density at radius 2 is 2.19 bits per heavy atom. The van der Waals surface area contributed by atoms with Crippen LogP contribution in [0, 0.1) is 5.41 Å². The largest absolute Gasteiger partial charge is 0.383 e. The molecule has 1 atom stereocenters. The van der Waals surface area contributed by atoms with Crippen LogP contribution >= 0.6 is 0 Å². The maximum atomic E-state index is 12.8. The monoisotopic (exact) mass is 299 g/mol. The van der Waals surface area contributed by atoms with Gasteiger partial charge in [-0.1, -0.05) is 13.3 Å². The lowest BCUT2D eigenvalue weighted by atomic mass is 9.76. The number of carbonyl (C=O) groups is 2. The molecule has 0 aromatic rings. The van der Waals surface area contributed by atoms with Crippen LogP contribution in [0.2, 0.25) is 0 Å². The van der Waals surface area contributed by atoms with Crippen LogP contribution in [0.5, 0.6) is 0 Å². The van der Waals surface area contributed by atoms with Gasteiger partial charge < -0.3 is 20.3 Å². The molecule has 0 aliphatic carbocycles. The first-order chi connectivity index (χ1) is 10.1. The molecule has 0 aromatic heterocycles. The van der Waals surface area contributed by atoms with Crippen molar-refractivity contribution in [3.63, 3.8) is 0 Å². The molecule has 1 fully saturated rings. The topological polar surface area (TPSA) is 70.7 Å². The van der Waals surface area contributed by atoms with Gasteiger partial charge >= 0.3 is 0 Å². The highest BCUT2D eigenvalue weighted by Gasteiger charge is 2.40. The fourth-order valence-corrected chi connectivity index (χ4v) is 2.99. The number of methoxy groups -OCH3 is 1. The lowest BCUT2D eigenvalue weighted by molar-refractivity contribution is -0.145. The highest BCUT2D eigenvalue weighted by molar-refractivity contribution is 5.88. The molecule has 1 aliphatic heterocycles. The number of ether oxygens (including phenoxy) is 1. The standard InChI is InChI=1S/C15H29N3O3/c1-4-6-15(7-5-8-16-12-15)14(20)18(2)11-13(19)17-9-10-21-3/h16H,4-12H2,1-3H3,(H,17,19). The zero-order valence-electron chi connectivity index (χ0n) is 13.5. The van der Waals surface area contributed by atoms with Gasteiger partial charge in [0.15, 0.2) is 0 Å². The second-order valence-electron chi connectivity index (χ2n) is 5.81. The normalized spacial score (nSPS) is 21.9. The number of likely N-dealkylation sites (N-methyl/N-ethyl adjacent to an activating group) is 1. The van der Waals surface area contributed by atoms with Crippen molar-refractivity contribution in [1.82, 2.24) is 15.5 Å². The number of amides is 2. The molecule has 1 aliphatic rings. The summed E-state index contributed by atoms with van der Waals surface area (Å²) in [6, 6.07) is 0. The summed E-state index contributed by atoms with van der Waals surface area (Å²) in [4.78, 5) is 26.1. The van der Waals surface area contributed by atoms with Crippen LogP contribution < -0.4 is 10.6 Å². The molecule has 0 radical (unpaired) electrons. The Morgan fingerprint density at radius 3 is 2.76 bits per heavy atom. The van der Waals surface area contributed by atoms with E-state index >= 15 is 0 Å². The maximum Gasteiger partial charge on any atom is 0.239 e. The van der Waals surface area contributed by atoms with E-state index in [1.807, 2.05) is 0 Å². The minimum absolute atomic E-state index is 0.0819. The van der Waals surface area contributed by atoms with E-state index in [4.69, 9.17) is 4.74 Å². The van der Waals surface area contributed by atoms with E-state index in [2.05, 4.69) is 17.6 Å². The van der Waals surface area contributed by atoms with Gasteiger partial charge in [-0.15, -0.1) is 0 Å². The van der Waals surface area contributed by atoms with Crippen molar-refractivity contribution >= 4 is 11.8 Å². The summed E-state index contributed by atoms with van der Waals surface area (Å²) in [5.74, 6) is -0.0586. The Morgan fingerprint density at radius 1 is 1.43 bits per heavy atom. The van der Waals surface area contributed by atoms with Gasteiger partial charge in [0.1, 0.15) is 0 Å². The Labute approximate surface area is 127 Å². The molecule has 0 spiro atoms. The number of hydrogen-bond acceptors (Lipinski definition) is 4. The number of rotatable bonds is 8. The predicted octanol–water partition coefficient (Wildman–Crippen LogP) is 0.377. The molecule has 1 saturated heterocycles. The third-order valence-corrected chi connectivity index (χ3v) is 4.01. The molecule has 0 saturated carbocycles. The quantitative estimate of drug-likeness (QED) is 0.636.